The summed E-state index contributed by atoms with van der Waals surface area (Å²) in [5.41, 5.74) is 0.843. The summed E-state index contributed by atoms with van der Waals surface area (Å²) in [6, 6.07) is 11.0. The first-order chi connectivity index (χ1) is 8.66. The van der Waals surface area contributed by atoms with Crippen LogP contribution in [0.25, 0.3) is 0 Å². The quantitative estimate of drug-likeness (QED) is 0.902. The van der Waals surface area contributed by atoms with Crippen molar-refractivity contribution in [3.05, 3.63) is 58.2 Å². The molecule has 0 spiro atoms. The molecular formula is C13H12Cl2N2O. The van der Waals surface area contributed by atoms with Gasteiger partial charge in [-0.05, 0) is 11.6 Å². The molecule has 18 heavy (non-hydrogen) atoms. The zero-order valence-electron chi connectivity index (χ0n) is 9.48. The molecule has 0 bridgehead atoms. The van der Waals surface area contributed by atoms with Gasteiger partial charge in [0.25, 0.3) is 0 Å². The van der Waals surface area contributed by atoms with E-state index < -0.39 is 6.10 Å². The van der Waals surface area contributed by atoms with E-state index in [-0.39, 0.29) is 0 Å². The SMILES string of the molecule is OC(CNc1ncc(Cl)cc1Cl)c1ccccc1. The highest BCUT2D eigenvalue weighted by molar-refractivity contribution is 6.35. The number of hydrogen-bond donors (Lipinski definition) is 2. The van der Waals surface area contributed by atoms with E-state index in [1.165, 1.54) is 6.20 Å². The van der Waals surface area contributed by atoms with Crippen LogP contribution in [0.5, 0.6) is 0 Å². The fraction of sp³-hybridized carbons (Fsp3) is 0.154. The molecule has 0 saturated heterocycles. The molecule has 0 fully saturated rings. The third-order valence-electron chi connectivity index (χ3n) is 2.46. The Hall–Kier alpha value is -1.29. The maximum Gasteiger partial charge on any atom is 0.144 e. The monoisotopic (exact) mass is 282 g/mol. The Balaban J connectivity index is 1.99. The van der Waals surface area contributed by atoms with E-state index in [2.05, 4.69) is 10.3 Å². The zero-order chi connectivity index (χ0) is 13.0. The number of halogens is 2. The topological polar surface area (TPSA) is 45.1 Å². The maximum atomic E-state index is 9.97. The third kappa shape index (κ3) is 3.35. The number of nitrogens with zero attached hydrogens (tertiary/aromatic N) is 1. The average molecular weight is 283 g/mol. The molecule has 0 amide bonds. The van der Waals surface area contributed by atoms with Gasteiger partial charge in [0.05, 0.1) is 16.1 Å². The van der Waals surface area contributed by atoms with Crippen LogP contribution in [0.1, 0.15) is 11.7 Å². The molecule has 1 aromatic carbocycles. The van der Waals surface area contributed by atoms with Crippen LogP contribution in [0.15, 0.2) is 42.6 Å². The Morgan fingerprint density at radius 2 is 1.94 bits per heavy atom. The van der Waals surface area contributed by atoms with Gasteiger partial charge >= 0.3 is 0 Å². The van der Waals surface area contributed by atoms with Gasteiger partial charge in [-0.3, -0.25) is 0 Å². The second kappa shape index (κ2) is 6.05. The molecule has 0 radical (unpaired) electrons. The predicted octanol–water partition coefficient (Wildman–Crippen LogP) is 3.53. The van der Waals surface area contributed by atoms with Gasteiger partial charge < -0.3 is 10.4 Å². The van der Waals surface area contributed by atoms with Crippen molar-refractivity contribution in [1.29, 1.82) is 0 Å². The summed E-state index contributed by atoms with van der Waals surface area (Å²) in [5, 5.41) is 13.9. The summed E-state index contributed by atoms with van der Waals surface area (Å²) in [6.07, 6.45) is 0.893. The highest BCUT2D eigenvalue weighted by Gasteiger charge is 2.08. The average Bonchev–Trinajstić information content (AvgIpc) is 2.38. The van der Waals surface area contributed by atoms with Crippen molar-refractivity contribution >= 4 is 29.0 Å². The molecule has 2 N–H and O–H groups in total. The molecule has 0 aliphatic carbocycles. The van der Waals surface area contributed by atoms with Crippen LogP contribution in [0.3, 0.4) is 0 Å². The molecule has 0 aliphatic rings. The number of aliphatic hydroxyl groups is 1. The molecule has 5 heteroatoms. The molecule has 94 valence electrons. The summed E-state index contributed by atoms with van der Waals surface area (Å²) in [6.45, 7) is 0.332. The number of rotatable bonds is 4. The zero-order valence-corrected chi connectivity index (χ0v) is 11.0. The molecule has 2 rings (SSSR count). The van der Waals surface area contributed by atoms with Gasteiger partial charge in [-0.25, -0.2) is 4.98 Å². The second-order valence-corrected chi connectivity index (χ2v) is 4.63. The highest BCUT2D eigenvalue weighted by atomic mass is 35.5. The fourth-order valence-electron chi connectivity index (χ4n) is 1.53. The number of anilines is 1. The molecule has 1 unspecified atom stereocenters. The Labute approximate surface area is 115 Å². The Morgan fingerprint density at radius 3 is 2.61 bits per heavy atom. The van der Waals surface area contributed by atoms with E-state index in [0.717, 1.165) is 5.56 Å². The summed E-state index contributed by atoms with van der Waals surface area (Å²) in [4.78, 5) is 4.06. The van der Waals surface area contributed by atoms with Crippen LogP contribution < -0.4 is 5.32 Å². The molecule has 1 atom stereocenters. The minimum Gasteiger partial charge on any atom is -0.387 e. The number of aromatic nitrogens is 1. The fourth-order valence-corrected chi connectivity index (χ4v) is 1.98. The molecule has 1 heterocycles. The Bertz CT molecular complexity index is 520. The van der Waals surface area contributed by atoms with Gasteiger partial charge in [0.15, 0.2) is 0 Å². The predicted molar refractivity (Wildman–Crippen MR) is 74.1 cm³/mol. The normalized spacial score (nSPS) is 12.2. The molecule has 0 aliphatic heterocycles. The molecule has 1 aromatic heterocycles. The van der Waals surface area contributed by atoms with Crippen molar-refractivity contribution in [3.63, 3.8) is 0 Å². The van der Waals surface area contributed by atoms with Crippen LogP contribution in [0.2, 0.25) is 10.0 Å². The molecule has 2 aromatic rings. The number of hydrogen-bond acceptors (Lipinski definition) is 3. The van der Waals surface area contributed by atoms with Crippen molar-refractivity contribution in [2.75, 3.05) is 11.9 Å². The first kappa shape index (κ1) is 13.1. The van der Waals surface area contributed by atoms with E-state index in [0.29, 0.717) is 22.4 Å². The van der Waals surface area contributed by atoms with Crippen LogP contribution in [-0.4, -0.2) is 16.6 Å². The van der Waals surface area contributed by atoms with Gasteiger partial charge in [-0.15, -0.1) is 0 Å². The van der Waals surface area contributed by atoms with Gasteiger partial charge in [0.2, 0.25) is 0 Å². The standard InChI is InChI=1S/C13H12Cl2N2O/c14-10-6-11(15)13(16-7-10)17-8-12(18)9-4-2-1-3-5-9/h1-7,12,18H,8H2,(H,16,17). The van der Waals surface area contributed by atoms with E-state index in [1.54, 1.807) is 6.07 Å². The maximum absolute atomic E-state index is 9.97. The number of pyridine rings is 1. The minimum atomic E-state index is -0.611. The van der Waals surface area contributed by atoms with Crippen LogP contribution >= 0.6 is 23.2 Å². The lowest BCUT2D eigenvalue weighted by Gasteiger charge is -2.13. The summed E-state index contributed by atoms with van der Waals surface area (Å²) >= 11 is 11.7. The molecule has 0 saturated carbocycles. The van der Waals surface area contributed by atoms with Crippen molar-refractivity contribution in [3.8, 4) is 0 Å². The van der Waals surface area contributed by atoms with E-state index >= 15 is 0 Å². The Kier molecular flexibility index (Phi) is 4.42. The van der Waals surface area contributed by atoms with Crippen molar-refractivity contribution in [2.45, 2.75) is 6.10 Å². The number of nitrogens with one attached hydrogen (secondary N) is 1. The third-order valence-corrected chi connectivity index (χ3v) is 2.95. The summed E-state index contributed by atoms with van der Waals surface area (Å²) in [5.74, 6) is 0.510. The number of benzene rings is 1. The first-order valence-electron chi connectivity index (χ1n) is 5.45. The first-order valence-corrected chi connectivity index (χ1v) is 6.20. The van der Waals surface area contributed by atoms with Crippen LogP contribution in [0.4, 0.5) is 5.82 Å². The molecular weight excluding hydrogens is 271 g/mol. The van der Waals surface area contributed by atoms with Gasteiger partial charge in [-0.1, -0.05) is 53.5 Å². The summed E-state index contributed by atoms with van der Waals surface area (Å²) < 4.78 is 0. The minimum absolute atomic E-state index is 0.332. The van der Waals surface area contributed by atoms with Gasteiger partial charge in [-0.2, -0.15) is 0 Å². The summed E-state index contributed by atoms with van der Waals surface area (Å²) in [7, 11) is 0. The van der Waals surface area contributed by atoms with Crippen molar-refractivity contribution < 1.29 is 5.11 Å². The second-order valence-electron chi connectivity index (χ2n) is 3.79. The molecule has 3 nitrogen and oxygen atoms in total. The van der Waals surface area contributed by atoms with E-state index in [9.17, 15) is 5.11 Å². The Morgan fingerprint density at radius 1 is 1.22 bits per heavy atom. The van der Waals surface area contributed by atoms with Crippen LogP contribution in [0, 0.1) is 0 Å². The largest absolute Gasteiger partial charge is 0.387 e. The smallest absolute Gasteiger partial charge is 0.144 e. The van der Waals surface area contributed by atoms with Gasteiger partial charge in [0, 0.05) is 12.7 Å². The van der Waals surface area contributed by atoms with Crippen molar-refractivity contribution in [1.82, 2.24) is 4.98 Å². The lowest BCUT2D eigenvalue weighted by molar-refractivity contribution is 0.191. The lowest BCUT2D eigenvalue weighted by atomic mass is 10.1. The van der Waals surface area contributed by atoms with Crippen molar-refractivity contribution in [2.24, 2.45) is 0 Å². The van der Waals surface area contributed by atoms with Gasteiger partial charge in [0.1, 0.15) is 5.82 Å². The number of aliphatic hydroxyl groups excluding tert-OH is 1. The van der Waals surface area contributed by atoms with E-state index in [4.69, 9.17) is 23.2 Å². The lowest BCUT2D eigenvalue weighted by Crippen LogP contribution is -2.13. The van der Waals surface area contributed by atoms with Crippen LogP contribution in [-0.2, 0) is 0 Å². The highest BCUT2D eigenvalue weighted by Crippen LogP contribution is 2.23. The van der Waals surface area contributed by atoms with E-state index in [1.807, 2.05) is 30.3 Å².